The van der Waals surface area contributed by atoms with Gasteiger partial charge in [0.05, 0.1) is 0 Å². The van der Waals surface area contributed by atoms with Crippen molar-refractivity contribution in [3.05, 3.63) is 29.6 Å². The predicted octanol–water partition coefficient (Wildman–Crippen LogP) is 1.76. The number of hydrogen-bond donors (Lipinski definition) is 1. The Morgan fingerprint density at radius 3 is 2.71 bits per heavy atom. The third-order valence-electron chi connectivity index (χ3n) is 3.06. The Morgan fingerprint density at radius 2 is 2.12 bits per heavy atom. The van der Waals surface area contributed by atoms with Gasteiger partial charge in [-0.25, -0.2) is 0 Å². The van der Waals surface area contributed by atoms with Crippen molar-refractivity contribution in [3.63, 3.8) is 0 Å². The summed E-state index contributed by atoms with van der Waals surface area (Å²) in [6, 6.07) is 4.42. The molecule has 0 aliphatic rings. The van der Waals surface area contributed by atoms with Crippen LogP contribution in [0.4, 0.5) is 0 Å². The van der Waals surface area contributed by atoms with Crippen LogP contribution in [0.5, 0.6) is 0 Å². The lowest BCUT2D eigenvalue weighted by Crippen LogP contribution is -2.47. The Bertz CT molecular complexity index is 388. The van der Waals surface area contributed by atoms with Crippen molar-refractivity contribution in [2.75, 3.05) is 0 Å². The van der Waals surface area contributed by atoms with Gasteiger partial charge in [0.15, 0.2) is 11.9 Å². The maximum absolute atomic E-state index is 11.8. The van der Waals surface area contributed by atoms with Gasteiger partial charge in [-0.3, -0.25) is 4.79 Å². The van der Waals surface area contributed by atoms with Crippen molar-refractivity contribution in [2.45, 2.75) is 53.1 Å². The number of aryl methyl sites for hydroxylation is 2. The fraction of sp³-hybridized carbons (Fsp3) is 0.571. The van der Waals surface area contributed by atoms with Crippen molar-refractivity contribution in [3.8, 4) is 0 Å². The van der Waals surface area contributed by atoms with Crippen molar-refractivity contribution >= 4 is 5.91 Å². The van der Waals surface area contributed by atoms with Crippen LogP contribution in [0.15, 0.2) is 18.3 Å². The maximum atomic E-state index is 11.8. The third kappa shape index (κ3) is 4.17. The topological polar surface area (TPSA) is 33.0 Å². The summed E-state index contributed by atoms with van der Waals surface area (Å²) in [4.78, 5) is 11.8. The van der Waals surface area contributed by atoms with Gasteiger partial charge in [-0.2, -0.15) is 4.57 Å². The molecule has 1 aromatic rings. The Labute approximate surface area is 104 Å². The molecule has 1 rings (SSSR count). The van der Waals surface area contributed by atoms with E-state index in [-0.39, 0.29) is 11.9 Å². The number of carbonyl (C=O) groups excluding carboxylic acids is 1. The molecule has 1 heterocycles. The van der Waals surface area contributed by atoms with Crippen molar-refractivity contribution < 1.29 is 9.36 Å². The summed E-state index contributed by atoms with van der Waals surface area (Å²) in [7, 11) is 0. The monoisotopic (exact) mass is 235 g/mol. The number of nitrogens with one attached hydrogen (secondary N) is 1. The van der Waals surface area contributed by atoms with Crippen LogP contribution in [0.1, 0.15) is 38.4 Å². The van der Waals surface area contributed by atoms with Gasteiger partial charge in [-0.1, -0.05) is 13.8 Å². The quantitative estimate of drug-likeness (QED) is 0.775. The molecule has 1 N–H and O–H groups in total. The van der Waals surface area contributed by atoms with E-state index < -0.39 is 0 Å². The highest BCUT2D eigenvalue weighted by Gasteiger charge is 2.14. The van der Waals surface area contributed by atoms with Crippen LogP contribution in [-0.4, -0.2) is 11.9 Å². The third-order valence-corrected chi connectivity index (χ3v) is 3.06. The number of carbonyl (C=O) groups is 1. The molecule has 17 heavy (non-hydrogen) atoms. The lowest BCUT2D eigenvalue weighted by atomic mass is 10.2. The van der Waals surface area contributed by atoms with E-state index in [0.29, 0.717) is 6.54 Å². The van der Waals surface area contributed by atoms with Crippen LogP contribution in [0, 0.1) is 6.92 Å². The summed E-state index contributed by atoms with van der Waals surface area (Å²) in [6.45, 7) is 8.65. The minimum absolute atomic E-state index is 0.0840. The van der Waals surface area contributed by atoms with Gasteiger partial charge in [0.25, 0.3) is 5.91 Å². The summed E-state index contributed by atoms with van der Waals surface area (Å²) >= 11 is 0. The molecule has 3 nitrogen and oxygen atoms in total. The summed E-state index contributed by atoms with van der Waals surface area (Å²) in [6.07, 6.45) is 4.02. The highest BCUT2D eigenvalue weighted by Crippen LogP contribution is 1.98. The SMILES string of the molecule is CCc1ccc(C)[n+](CC(=O)N[C@H](C)CC)c1. The van der Waals surface area contributed by atoms with Gasteiger partial charge in [0, 0.05) is 24.6 Å². The minimum Gasteiger partial charge on any atom is -0.348 e. The van der Waals surface area contributed by atoms with Gasteiger partial charge < -0.3 is 5.32 Å². The number of aromatic nitrogens is 1. The summed E-state index contributed by atoms with van der Waals surface area (Å²) in [5.41, 5.74) is 2.37. The first kappa shape index (κ1) is 13.7. The van der Waals surface area contributed by atoms with Gasteiger partial charge in [0.2, 0.25) is 6.54 Å². The molecule has 94 valence electrons. The van der Waals surface area contributed by atoms with Gasteiger partial charge in [-0.15, -0.1) is 0 Å². The molecule has 0 saturated carbocycles. The van der Waals surface area contributed by atoms with E-state index in [1.165, 1.54) is 5.56 Å². The van der Waals surface area contributed by atoms with Crippen molar-refractivity contribution in [1.29, 1.82) is 0 Å². The van der Waals surface area contributed by atoms with Crippen molar-refractivity contribution in [1.82, 2.24) is 5.32 Å². The van der Waals surface area contributed by atoms with E-state index >= 15 is 0 Å². The second-order valence-electron chi connectivity index (χ2n) is 4.54. The Morgan fingerprint density at radius 1 is 1.41 bits per heavy atom. The van der Waals surface area contributed by atoms with Gasteiger partial charge >= 0.3 is 0 Å². The fourth-order valence-corrected chi connectivity index (χ4v) is 1.63. The zero-order valence-electron chi connectivity index (χ0n) is 11.3. The second-order valence-corrected chi connectivity index (χ2v) is 4.54. The first-order valence-electron chi connectivity index (χ1n) is 6.35. The molecule has 0 spiro atoms. The van der Waals surface area contributed by atoms with E-state index in [0.717, 1.165) is 18.5 Å². The summed E-state index contributed by atoms with van der Waals surface area (Å²) in [5, 5.41) is 2.98. The number of nitrogens with zero attached hydrogens (tertiary/aromatic N) is 1. The molecule has 0 radical (unpaired) electrons. The lowest BCUT2D eigenvalue weighted by Gasteiger charge is -2.10. The lowest BCUT2D eigenvalue weighted by molar-refractivity contribution is -0.690. The average molecular weight is 235 g/mol. The molecule has 0 aromatic carbocycles. The highest BCUT2D eigenvalue weighted by atomic mass is 16.2. The van der Waals surface area contributed by atoms with E-state index in [2.05, 4.69) is 37.5 Å². The first-order chi connectivity index (χ1) is 8.06. The zero-order valence-corrected chi connectivity index (χ0v) is 11.3. The van der Waals surface area contributed by atoms with Crippen LogP contribution in [-0.2, 0) is 17.8 Å². The molecule has 1 atom stereocenters. The molecule has 0 unspecified atom stereocenters. The normalized spacial score (nSPS) is 12.2. The second kappa shape index (κ2) is 6.38. The minimum atomic E-state index is 0.0840. The smallest absolute Gasteiger partial charge is 0.286 e. The van der Waals surface area contributed by atoms with Crippen LogP contribution in [0.2, 0.25) is 0 Å². The predicted molar refractivity (Wildman–Crippen MR) is 68.6 cm³/mol. The Hall–Kier alpha value is -1.38. The molecule has 1 amide bonds. The van der Waals surface area contributed by atoms with Gasteiger partial charge in [-0.05, 0) is 25.8 Å². The van der Waals surface area contributed by atoms with Crippen LogP contribution in [0.25, 0.3) is 0 Å². The molecular weight excluding hydrogens is 212 g/mol. The molecule has 3 heteroatoms. The fourth-order valence-electron chi connectivity index (χ4n) is 1.63. The van der Waals surface area contributed by atoms with Gasteiger partial charge in [0.1, 0.15) is 0 Å². The molecule has 1 aromatic heterocycles. The molecular formula is C14H23N2O+. The first-order valence-corrected chi connectivity index (χ1v) is 6.35. The molecule has 0 aliphatic heterocycles. The van der Waals surface area contributed by atoms with Crippen LogP contribution < -0.4 is 9.88 Å². The zero-order chi connectivity index (χ0) is 12.8. The number of amides is 1. The summed E-state index contributed by atoms with van der Waals surface area (Å²) < 4.78 is 2.01. The van der Waals surface area contributed by atoms with Crippen LogP contribution in [0.3, 0.4) is 0 Å². The average Bonchev–Trinajstić information content (AvgIpc) is 2.31. The Kier molecular flexibility index (Phi) is 5.13. The maximum Gasteiger partial charge on any atom is 0.286 e. The van der Waals surface area contributed by atoms with Crippen LogP contribution >= 0.6 is 0 Å². The molecule has 0 aliphatic carbocycles. The van der Waals surface area contributed by atoms with Crippen molar-refractivity contribution in [2.24, 2.45) is 0 Å². The molecule has 0 bridgehead atoms. The molecule has 0 fully saturated rings. The highest BCUT2D eigenvalue weighted by molar-refractivity contribution is 5.74. The largest absolute Gasteiger partial charge is 0.348 e. The standard InChI is InChI=1S/C14H22N2O/c1-5-11(3)15-14(17)10-16-9-13(6-2)8-7-12(16)4/h7-9,11H,5-6,10H2,1-4H3/p+1/t11-/m1/s1. The van der Waals surface area contributed by atoms with E-state index in [4.69, 9.17) is 0 Å². The number of hydrogen-bond acceptors (Lipinski definition) is 1. The number of rotatable bonds is 5. The summed E-state index contributed by atoms with van der Waals surface area (Å²) in [5.74, 6) is 0.0840. The number of pyridine rings is 1. The van der Waals surface area contributed by atoms with E-state index in [1.807, 2.05) is 18.4 Å². The van der Waals surface area contributed by atoms with E-state index in [9.17, 15) is 4.79 Å². The molecule has 0 saturated heterocycles. The van der Waals surface area contributed by atoms with E-state index in [1.54, 1.807) is 0 Å². The Balaban J connectivity index is 2.70.